The van der Waals surface area contributed by atoms with Gasteiger partial charge in [-0.05, 0) is 18.2 Å². The number of hydrogen-bond acceptors (Lipinski definition) is 2. The quantitative estimate of drug-likeness (QED) is 0.911. The fraction of sp³-hybridized carbons (Fsp3) is 0.300. The smallest absolute Gasteiger partial charge is 0.392 e. The van der Waals surface area contributed by atoms with Gasteiger partial charge in [-0.1, -0.05) is 11.6 Å². The van der Waals surface area contributed by atoms with Gasteiger partial charge in [-0.2, -0.15) is 13.2 Å². The van der Waals surface area contributed by atoms with E-state index in [0.717, 1.165) is 6.07 Å². The van der Waals surface area contributed by atoms with Crippen LogP contribution in [0.4, 0.5) is 13.2 Å². The number of ether oxygens (including phenoxy) is 1. The Morgan fingerprint density at radius 1 is 1.41 bits per heavy atom. The largest absolute Gasteiger partial charge is 0.492 e. The lowest BCUT2D eigenvalue weighted by Crippen LogP contribution is -2.14. The van der Waals surface area contributed by atoms with Gasteiger partial charge in [0.25, 0.3) is 0 Å². The van der Waals surface area contributed by atoms with Crippen LogP contribution < -0.4 is 4.74 Å². The molecule has 0 atom stereocenters. The lowest BCUT2D eigenvalue weighted by atomic mass is 10.2. The molecule has 0 aliphatic rings. The number of benzene rings is 1. The average Bonchev–Trinajstić information content (AvgIpc) is 2.18. The third-order valence-corrected chi connectivity index (χ3v) is 2.05. The van der Waals surface area contributed by atoms with Crippen molar-refractivity contribution in [3.8, 4) is 5.75 Å². The monoisotopic (exact) mass is 268 g/mol. The zero-order chi connectivity index (χ0) is 13.1. The molecule has 0 unspecified atom stereocenters. The first-order valence-electron chi connectivity index (χ1n) is 4.52. The molecule has 0 aromatic heterocycles. The first kappa shape index (κ1) is 13.6. The van der Waals surface area contributed by atoms with Crippen LogP contribution in [0.5, 0.6) is 5.75 Å². The summed E-state index contributed by atoms with van der Waals surface area (Å²) in [6, 6.07) is 3.69. The van der Waals surface area contributed by atoms with E-state index in [4.69, 9.17) is 21.4 Å². The Hall–Kier alpha value is -1.43. The topological polar surface area (TPSA) is 46.5 Å². The molecule has 0 spiro atoms. The molecular formula is C10H8ClF3O3. The first-order valence-corrected chi connectivity index (χ1v) is 4.90. The van der Waals surface area contributed by atoms with Crippen molar-refractivity contribution in [2.45, 2.75) is 12.6 Å². The van der Waals surface area contributed by atoms with Crippen molar-refractivity contribution in [3.05, 3.63) is 28.8 Å². The summed E-state index contributed by atoms with van der Waals surface area (Å²) < 4.78 is 40.4. The van der Waals surface area contributed by atoms with E-state index in [-0.39, 0.29) is 16.3 Å². The Bertz CT molecular complexity index is 418. The summed E-state index contributed by atoms with van der Waals surface area (Å²) in [5.74, 6) is -1.44. The van der Waals surface area contributed by atoms with Gasteiger partial charge in [0.05, 0.1) is 13.0 Å². The number of alkyl halides is 3. The number of carboxylic acid groups (broad SMARTS) is 1. The highest BCUT2D eigenvalue weighted by Crippen LogP contribution is 2.25. The second kappa shape index (κ2) is 5.27. The fourth-order valence-electron chi connectivity index (χ4n) is 1.07. The van der Waals surface area contributed by atoms with Crippen LogP contribution in [-0.2, 0) is 0 Å². The predicted octanol–water partition coefficient (Wildman–Crippen LogP) is 3.37. The molecule has 7 heteroatoms. The molecular weight excluding hydrogens is 261 g/mol. The Morgan fingerprint density at radius 2 is 2.06 bits per heavy atom. The molecule has 17 heavy (non-hydrogen) atoms. The van der Waals surface area contributed by atoms with Crippen molar-refractivity contribution in [1.82, 2.24) is 0 Å². The molecule has 1 aromatic carbocycles. The highest BCUT2D eigenvalue weighted by molar-refractivity contribution is 6.31. The predicted molar refractivity (Wildman–Crippen MR) is 54.6 cm³/mol. The van der Waals surface area contributed by atoms with Crippen LogP contribution in [0, 0.1) is 0 Å². The third kappa shape index (κ3) is 4.52. The molecule has 0 fully saturated rings. The lowest BCUT2D eigenvalue weighted by Gasteiger charge is -2.10. The maximum atomic E-state index is 11.9. The Morgan fingerprint density at radius 3 is 2.59 bits per heavy atom. The highest BCUT2D eigenvalue weighted by Gasteiger charge is 2.27. The minimum Gasteiger partial charge on any atom is -0.492 e. The molecule has 0 saturated carbocycles. The van der Waals surface area contributed by atoms with E-state index in [1.54, 1.807) is 0 Å². The number of rotatable bonds is 4. The van der Waals surface area contributed by atoms with E-state index in [9.17, 15) is 18.0 Å². The molecule has 0 amide bonds. The van der Waals surface area contributed by atoms with Crippen molar-refractivity contribution in [2.24, 2.45) is 0 Å². The van der Waals surface area contributed by atoms with E-state index in [0.29, 0.717) is 0 Å². The molecule has 0 bridgehead atoms. The maximum absolute atomic E-state index is 11.9. The first-order chi connectivity index (χ1) is 7.79. The molecule has 0 saturated heterocycles. The Kier molecular flexibility index (Phi) is 4.22. The normalized spacial score (nSPS) is 11.3. The number of aromatic carboxylic acids is 1. The van der Waals surface area contributed by atoms with E-state index in [1.165, 1.54) is 12.1 Å². The maximum Gasteiger partial charge on any atom is 0.392 e. The molecule has 1 aromatic rings. The zero-order valence-corrected chi connectivity index (χ0v) is 9.18. The highest BCUT2D eigenvalue weighted by atomic mass is 35.5. The molecule has 0 aliphatic carbocycles. The number of hydrogen-bond donors (Lipinski definition) is 1. The molecule has 1 rings (SSSR count). The van der Waals surface area contributed by atoms with Crippen LogP contribution in [0.1, 0.15) is 16.8 Å². The van der Waals surface area contributed by atoms with Gasteiger partial charge >= 0.3 is 12.1 Å². The summed E-state index contributed by atoms with van der Waals surface area (Å²) >= 11 is 5.57. The van der Waals surface area contributed by atoms with Gasteiger partial charge in [-0.3, -0.25) is 0 Å². The van der Waals surface area contributed by atoms with Gasteiger partial charge in [-0.15, -0.1) is 0 Å². The lowest BCUT2D eigenvalue weighted by molar-refractivity contribution is -0.139. The summed E-state index contributed by atoms with van der Waals surface area (Å²) in [5, 5.41) is 8.96. The Balaban J connectivity index is 2.74. The van der Waals surface area contributed by atoms with Crippen LogP contribution in [0.25, 0.3) is 0 Å². The van der Waals surface area contributed by atoms with Crippen molar-refractivity contribution < 1.29 is 27.8 Å². The van der Waals surface area contributed by atoms with E-state index >= 15 is 0 Å². The second-order valence-corrected chi connectivity index (χ2v) is 3.60. The van der Waals surface area contributed by atoms with Gasteiger partial charge < -0.3 is 9.84 Å². The van der Waals surface area contributed by atoms with Crippen molar-refractivity contribution in [1.29, 1.82) is 0 Å². The van der Waals surface area contributed by atoms with E-state index < -0.39 is 25.2 Å². The summed E-state index contributed by atoms with van der Waals surface area (Å²) in [4.78, 5) is 10.8. The van der Waals surface area contributed by atoms with Crippen molar-refractivity contribution in [2.75, 3.05) is 6.61 Å². The van der Waals surface area contributed by atoms with Crippen LogP contribution in [0.2, 0.25) is 5.02 Å². The van der Waals surface area contributed by atoms with Gasteiger partial charge in [0, 0.05) is 5.02 Å². The van der Waals surface area contributed by atoms with Gasteiger partial charge in [0.1, 0.15) is 11.3 Å². The molecule has 0 heterocycles. The van der Waals surface area contributed by atoms with Gasteiger partial charge in [0.15, 0.2) is 0 Å². The van der Waals surface area contributed by atoms with Gasteiger partial charge in [-0.25, -0.2) is 4.79 Å². The molecule has 0 aliphatic heterocycles. The number of carbonyl (C=O) groups is 1. The second-order valence-electron chi connectivity index (χ2n) is 3.16. The summed E-state index contributed by atoms with van der Waals surface area (Å²) in [6.07, 6.45) is -5.48. The summed E-state index contributed by atoms with van der Waals surface area (Å²) in [7, 11) is 0. The molecule has 3 nitrogen and oxygen atoms in total. The summed E-state index contributed by atoms with van der Waals surface area (Å²) in [6.45, 7) is -0.634. The van der Waals surface area contributed by atoms with Crippen molar-refractivity contribution in [3.63, 3.8) is 0 Å². The third-order valence-electron chi connectivity index (χ3n) is 1.82. The van der Waals surface area contributed by atoms with Crippen molar-refractivity contribution >= 4 is 17.6 Å². The van der Waals surface area contributed by atoms with E-state index in [1.807, 2.05) is 0 Å². The van der Waals surface area contributed by atoms with Crippen LogP contribution in [0.3, 0.4) is 0 Å². The SMILES string of the molecule is O=C(O)c1cc(Cl)ccc1OCCC(F)(F)F. The zero-order valence-electron chi connectivity index (χ0n) is 8.42. The Labute approximate surface area is 99.8 Å². The minimum atomic E-state index is -4.34. The number of halogens is 4. The standard InChI is InChI=1S/C10H8ClF3O3/c11-6-1-2-8(7(5-6)9(15)16)17-4-3-10(12,13)14/h1-2,5H,3-4H2,(H,15,16). The molecule has 1 N–H and O–H groups in total. The van der Waals surface area contributed by atoms with Crippen LogP contribution in [0.15, 0.2) is 18.2 Å². The van der Waals surface area contributed by atoms with Crippen LogP contribution >= 0.6 is 11.6 Å². The van der Waals surface area contributed by atoms with E-state index in [2.05, 4.69) is 0 Å². The number of carboxylic acids is 1. The van der Waals surface area contributed by atoms with Crippen LogP contribution in [-0.4, -0.2) is 23.9 Å². The molecule has 0 radical (unpaired) electrons. The van der Waals surface area contributed by atoms with Gasteiger partial charge in [0.2, 0.25) is 0 Å². The minimum absolute atomic E-state index is 0.133. The fourth-order valence-corrected chi connectivity index (χ4v) is 1.24. The molecule has 94 valence electrons. The average molecular weight is 269 g/mol. The summed E-state index contributed by atoms with van der Waals surface area (Å²) in [5.41, 5.74) is -0.264.